The molecule has 2 aliphatic heterocycles. The molecule has 2 aliphatic rings. The van der Waals surface area contributed by atoms with Crippen LogP contribution in [0, 0.1) is 5.82 Å². The summed E-state index contributed by atoms with van der Waals surface area (Å²) in [6.07, 6.45) is 0.703. The van der Waals surface area contributed by atoms with Gasteiger partial charge in [0.15, 0.2) is 11.5 Å². The molecule has 1 saturated heterocycles. The molecule has 0 spiro atoms. The number of benzene rings is 2. The summed E-state index contributed by atoms with van der Waals surface area (Å²) in [4.78, 5) is 4.71. The molecule has 6 nitrogen and oxygen atoms in total. The van der Waals surface area contributed by atoms with Gasteiger partial charge in [-0.15, -0.1) is 0 Å². The number of oxime groups is 1. The quantitative estimate of drug-likeness (QED) is 0.444. The molecular formula is C23H28FN3O3. The number of nitrogens with zero attached hydrogens (tertiary/aromatic N) is 3. The van der Waals surface area contributed by atoms with Gasteiger partial charge in [-0.05, 0) is 43.7 Å². The van der Waals surface area contributed by atoms with E-state index in [0.29, 0.717) is 30.9 Å². The summed E-state index contributed by atoms with van der Waals surface area (Å²) >= 11 is 0. The van der Waals surface area contributed by atoms with E-state index in [1.807, 2.05) is 18.2 Å². The van der Waals surface area contributed by atoms with Gasteiger partial charge in [-0.3, -0.25) is 4.90 Å². The van der Waals surface area contributed by atoms with E-state index in [1.165, 1.54) is 6.07 Å². The Kier molecular flexibility index (Phi) is 6.38. The summed E-state index contributed by atoms with van der Waals surface area (Å²) in [5.41, 5.74) is 2.20. The molecule has 0 amide bonds. The van der Waals surface area contributed by atoms with Crippen molar-refractivity contribution in [2.75, 3.05) is 50.8 Å². The number of halogens is 1. The third-order valence-corrected chi connectivity index (χ3v) is 5.94. The van der Waals surface area contributed by atoms with Crippen LogP contribution in [0.1, 0.15) is 24.8 Å². The molecular weight excluding hydrogens is 385 g/mol. The minimum atomic E-state index is -0.258. The minimum absolute atomic E-state index is 0.235. The van der Waals surface area contributed by atoms with Crippen molar-refractivity contribution in [1.29, 1.82) is 0 Å². The van der Waals surface area contributed by atoms with E-state index in [2.05, 4.69) is 21.0 Å². The predicted molar refractivity (Wildman–Crippen MR) is 115 cm³/mol. The molecule has 1 fully saturated rings. The number of piperazine rings is 1. The molecule has 2 aromatic carbocycles. The molecule has 2 heterocycles. The molecule has 0 aliphatic carbocycles. The fourth-order valence-corrected chi connectivity index (χ4v) is 4.25. The van der Waals surface area contributed by atoms with Crippen molar-refractivity contribution in [3.8, 4) is 11.5 Å². The summed E-state index contributed by atoms with van der Waals surface area (Å²) in [6.45, 7) is 7.31. The Bertz CT molecular complexity index is 897. The molecule has 4 rings (SSSR count). The molecule has 30 heavy (non-hydrogen) atoms. The highest BCUT2D eigenvalue weighted by atomic mass is 19.1. The molecule has 1 unspecified atom stereocenters. The van der Waals surface area contributed by atoms with Crippen LogP contribution in [0.2, 0.25) is 0 Å². The normalized spacial score (nSPS) is 18.3. The lowest BCUT2D eigenvalue weighted by Gasteiger charge is -2.37. The van der Waals surface area contributed by atoms with Gasteiger partial charge >= 0.3 is 0 Å². The maximum atomic E-state index is 14.3. The van der Waals surface area contributed by atoms with Gasteiger partial charge < -0.3 is 19.6 Å². The molecule has 2 aromatic rings. The van der Waals surface area contributed by atoms with E-state index in [-0.39, 0.29) is 11.7 Å². The summed E-state index contributed by atoms with van der Waals surface area (Å²) < 4.78 is 25.9. The van der Waals surface area contributed by atoms with Gasteiger partial charge in [0.2, 0.25) is 0 Å². The maximum absolute atomic E-state index is 14.3. The Morgan fingerprint density at radius 2 is 1.83 bits per heavy atom. The van der Waals surface area contributed by atoms with Crippen LogP contribution in [0.25, 0.3) is 0 Å². The second-order valence-electron chi connectivity index (χ2n) is 7.73. The first-order valence-electron chi connectivity index (χ1n) is 10.5. The van der Waals surface area contributed by atoms with Crippen LogP contribution >= 0.6 is 0 Å². The van der Waals surface area contributed by atoms with Crippen molar-refractivity contribution in [3.63, 3.8) is 0 Å². The lowest BCUT2D eigenvalue weighted by atomic mass is 9.91. The average molecular weight is 413 g/mol. The first-order chi connectivity index (χ1) is 14.7. The zero-order valence-corrected chi connectivity index (χ0v) is 17.3. The summed E-state index contributed by atoms with van der Waals surface area (Å²) in [5, 5.41) is 12.6. The third-order valence-electron chi connectivity index (χ3n) is 5.94. The topological polar surface area (TPSA) is 57.5 Å². The van der Waals surface area contributed by atoms with Gasteiger partial charge in [-0.1, -0.05) is 29.4 Å². The van der Waals surface area contributed by atoms with E-state index in [0.717, 1.165) is 49.9 Å². The van der Waals surface area contributed by atoms with Crippen LogP contribution < -0.4 is 14.4 Å². The highest BCUT2D eigenvalue weighted by molar-refractivity contribution is 5.88. The largest absolute Gasteiger partial charge is 0.486 e. The van der Waals surface area contributed by atoms with Crippen LogP contribution in [-0.4, -0.2) is 61.8 Å². The zero-order chi connectivity index (χ0) is 20.9. The number of anilines is 1. The minimum Gasteiger partial charge on any atom is -0.486 e. The van der Waals surface area contributed by atoms with Crippen molar-refractivity contribution in [2.45, 2.75) is 19.3 Å². The lowest BCUT2D eigenvalue weighted by molar-refractivity contribution is 0.171. The number of ether oxygens (including phenoxy) is 2. The molecule has 1 atom stereocenters. The summed E-state index contributed by atoms with van der Waals surface area (Å²) in [6, 6.07) is 12.8. The fraction of sp³-hybridized carbons (Fsp3) is 0.435. The molecule has 160 valence electrons. The average Bonchev–Trinajstić information content (AvgIpc) is 2.80. The van der Waals surface area contributed by atoms with Crippen molar-refractivity contribution in [3.05, 3.63) is 53.8 Å². The Hall–Kier alpha value is -2.80. The van der Waals surface area contributed by atoms with E-state index in [9.17, 15) is 9.60 Å². The monoisotopic (exact) mass is 413 g/mol. The van der Waals surface area contributed by atoms with Gasteiger partial charge in [-0.25, -0.2) is 4.39 Å². The fourth-order valence-electron chi connectivity index (χ4n) is 4.25. The van der Waals surface area contributed by atoms with E-state index >= 15 is 0 Å². The van der Waals surface area contributed by atoms with Crippen LogP contribution in [-0.2, 0) is 0 Å². The Balaban J connectivity index is 1.37. The van der Waals surface area contributed by atoms with Crippen LogP contribution in [0.3, 0.4) is 0 Å². The number of hydrogen-bond acceptors (Lipinski definition) is 6. The highest BCUT2D eigenvalue weighted by Crippen LogP contribution is 2.39. The van der Waals surface area contributed by atoms with Crippen molar-refractivity contribution in [2.24, 2.45) is 5.16 Å². The van der Waals surface area contributed by atoms with Crippen LogP contribution in [0.4, 0.5) is 10.1 Å². The first-order valence-corrected chi connectivity index (χ1v) is 10.5. The predicted octanol–water partition coefficient (Wildman–Crippen LogP) is 3.74. The SMILES string of the molecule is C/C(=N/O)C(CCN1CCN(c2cccc3c2OCCO3)CC1)c1ccccc1F. The molecule has 7 heteroatoms. The second kappa shape index (κ2) is 9.34. The summed E-state index contributed by atoms with van der Waals surface area (Å²) in [5.74, 6) is 1.16. The number of para-hydroxylation sites is 1. The highest BCUT2D eigenvalue weighted by Gasteiger charge is 2.25. The number of rotatable bonds is 6. The lowest BCUT2D eigenvalue weighted by Crippen LogP contribution is -2.47. The van der Waals surface area contributed by atoms with Crippen molar-refractivity contribution < 1.29 is 19.1 Å². The molecule has 0 saturated carbocycles. The van der Waals surface area contributed by atoms with Gasteiger partial charge in [-0.2, -0.15) is 0 Å². The molecule has 0 aromatic heterocycles. The van der Waals surface area contributed by atoms with Gasteiger partial charge in [0.1, 0.15) is 19.0 Å². The summed E-state index contributed by atoms with van der Waals surface area (Å²) in [7, 11) is 0. The molecule has 1 N–H and O–H groups in total. The van der Waals surface area contributed by atoms with Crippen molar-refractivity contribution in [1.82, 2.24) is 4.90 Å². The third kappa shape index (κ3) is 4.36. The molecule has 0 bridgehead atoms. The standard InChI is InChI=1S/C23H28FN3O3/c1-17(25-28)18(19-5-2-3-6-20(19)24)9-10-26-11-13-27(14-12-26)21-7-4-8-22-23(21)30-16-15-29-22/h2-8,18,28H,9-16H2,1H3/b25-17-. The Labute approximate surface area is 176 Å². The van der Waals surface area contributed by atoms with Gasteiger partial charge in [0.05, 0.1) is 11.4 Å². The van der Waals surface area contributed by atoms with E-state index in [1.54, 1.807) is 19.1 Å². The van der Waals surface area contributed by atoms with E-state index in [4.69, 9.17) is 9.47 Å². The Morgan fingerprint density at radius 1 is 1.07 bits per heavy atom. The van der Waals surface area contributed by atoms with Crippen molar-refractivity contribution >= 4 is 11.4 Å². The van der Waals surface area contributed by atoms with Gasteiger partial charge in [0, 0.05) is 32.1 Å². The van der Waals surface area contributed by atoms with Crippen LogP contribution in [0.5, 0.6) is 11.5 Å². The number of fused-ring (bicyclic) bond motifs is 1. The maximum Gasteiger partial charge on any atom is 0.184 e. The Morgan fingerprint density at radius 3 is 2.60 bits per heavy atom. The van der Waals surface area contributed by atoms with Crippen LogP contribution in [0.15, 0.2) is 47.6 Å². The first kappa shape index (κ1) is 20.5. The molecule has 0 radical (unpaired) electrons. The van der Waals surface area contributed by atoms with Gasteiger partial charge in [0.25, 0.3) is 0 Å². The zero-order valence-electron chi connectivity index (χ0n) is 17.3. The van der Waals surface area contributed by atoms with E-state index < -0.39 is 0 Å². The number of hydrogen-bond donors (Lipinski definition) is 1. The smallest absolute Gasteiger partial charge is 0.184 e. The second-order valence-corrected chi connectivity index (χ2v) is 7.73.